The van der Waals surface area contributed by atoms with Crippen LogP contribution in [0.2, 0.25) is 0 Å². The number of unbranched alkanes of at least 4 members (excludes halogenated alkanes) is 1. The SMILES string of the molecule is CCCCC(C)(NS(=O)(=O)c1ccc(C)cc1)[C@]1(C)CO1. The summed E-state index contributed by atoms with van der Waals surface area (Å²) < 4.78 is 33.7. The zero-order valence-corrected chi connectivity index (χ0v) is 14.1. The van der Waals surface area contributed by atoms with Crippen molar-refractivity contribution in [3.63, 3.8) is 0 Å². The highest BCUT2D eigenvalue weighted by Gasteiger charge is 2.56. The first kappa shape index (κ1) is 16.5. The number of ether oxygens (including phenoxy) is 1. The first-order valence-electron chi connectivity index (χ1n) is 7.47. The van der Waals surface area contributed by atoms with E-state index in [4.69, 9.17) is 4.74 Å². The summed E-state index contributed by atoms with van der Waals surface area (Å²) in [5.74, 6) is 0. The van der Waals surface area contributed by atoms with Crippen molar-refractivity contribution < 1.29 is 13.2 Å². The van der Waals surface area contributed by atoms with Gasteiger partial charge in [0, 0.05) is 0 Å². The summed E-state index contributed by atoms with van der Waals surface area (Å²) in [6.45, 7) is 8.56. The zero-order chi connectivity index (χ0) is 15.7. The normalized spacial score (nSPS) is 24.6. The van der Waals surface area contributed by atoms with E-state index in [-0.39, 0.29) is 0 Å². The van der Waals surface area contributed by atoms with E-state index in [1.165, 1.54) is 0 Å². The fraction of sp³-hybridized carbons (Fsp3) is 0.625. The quantitative estimate of drug-likeness (QED) is 0.788. The minimum absolute atomic E-state index is 0.306. The lowest BCUT2D eigenvalue weighted by molar-refractivity contribution is 0.182. The predicted molar refractivity (Wildman–Crippen MR) is 83.8 cm³/mol. The maximum absolute atomic E-state index is 12.6. The van der Waals surface area contributed by atoms with Crippen LogP contribution in [-0.2, 0) is 14.8 Å². The summed E-state index contributed by atoms with van der Waals surface area (Å²) in [4.78, 5) is 0.306. The Morgan fingerprint density at radius 2 is 1.90 bits per heavy atom. The Balaban J connectivity index is 2.25. The summed E-state index contributed by atoms with van der Waals surface area (Å²) in [6, 6.07) is 6.92. The fourth-order valence-corrected chi connectivity index (χ4v) is 3.98. The number of sulfonamides is 1. The predicted octanol–water partition coefficient (Wildman–Crippen LogP) is 3.01. The Hall–Kier alpha value is -0.910. The molecule has 21 heavy (non-hydrogen) atoms. The molecule has 0 radical (unpaired) electrons. The second-order valence-electron chi connectivity index (χ2n) is 6.37. The summed E-state index contributed by atoms with van der Waals surface area (Å²) in [6.07, 6.45) is 2.76. The molecule has 1 aliphatic rings. The molecule has 1 aromatic carbocycles. The van der Waals surface area contributed by atoms with Gasteiger partial charge in [-0.25, -0.2) is 13.1 Å². The van der Waals surface area contributed by atoms with Crippen LogP contribution >= 0.6 is 0 Å². The molecule has 1 aromatic rings. The van der Waals surface area contributed by atoms with Gasteiger partial charge in [0.25, 0.3) is 0 Å². The van der Waals surface area contributed by atoms with Gasteiger partial charge < -0.3 is 4.74 Å². The second-order valence-corrected chi connectivity index (χ2v) is 8.06. The van der Waals surface area contributed by atoms with Crippen molar-refractivity contribution in [3.8, 4) is 0 Å². The number of epoxide rings is 1. The van der Waals surface area contributed by atoms with Crippen molar-refractivity contribution in [2.45, 2.75) is 63.0 Å². The van der Waals surface area contributed by atoms with Crippen molar-refractivity contribution >= 4 is 10.0 Å². The number of benzene rings is 1. The third-order valence-corrected chi connectivity index (χ3v) is 6.08. The highest BCUT2D eigenvalue weighted by atomic mass is 32.2. The molecule has 0 bridgehead atoms. The van der Waals surface area contributed by atoms with Crippen LogP contribution in [0.1, 0.15) is 45.6 Å². The van der Waals surface area contributed by atoms with Crippen molar-refractivity contribution in [1.82, 2.24) is 4.72 Å². The number of aryl methyl sites for hydroxylation is 1. The topological polar surface area (TPSA) is 58.7 Å². The highest BCUT2D eigenvalue weighted by molar-refractivity contribution is 7.89. The molecule has 1 unspecified atom stereocenters. The molecule has 4 nitrogen and oxygen atoms in total. The summed E-state index contributed by atoms with van der Waals surface area (Å²) >= 11 is 0. The molecule has 0 saturated carbocycles. The van der Waals surface area contributed by atoms with Crippen LogP contribution in [0.25, 0.3) is 0 Å². The van der Waals surface area contributed by atoms with E-state index in [0.717, 1.165) is 24.8 Å². The van der Waals surface area contributed by atoms with Gasteiger partial charge in [-0.05, 0) is 39.3 Å². The molecule has 1 saturated heterocycles. The molecule has 0 spiro atoms. The van der Waals surface area contributed by atoms with E-state index in [1.54, 1.807) is 12.1 Å². The van der Waals surface area contributed by atoms with E-state index in [9.17, 15) is 8.42 Å². The molecule has 0 aromatic heterocycles. The molecule has 1 aliphatic heterocycles. The average molecular weight is 311 g/mol. The summed E-state index contributed by atoms with van der Waals surface area (Å²) in [7, 11) is -3.54. The van der Waals surface area contributed by atoms with Gasteiger partial charge in [0.1, 0.15) is 5.60 Å². The van der Waals surface area contributed by atoms with Crippen molar-refractivity contribution in [3.05, 3.63) is 29.8 Å². The number of rotatable bonds is 7. The third kappa shape index (κ3) is 3.47. The third-order valence-electron chi connectivity index (χ3n) is 4.47. The highest BCUT2D eigenvalue weighted by Crippen LogP contribution is 2.41. The Labute approximate surface area is 127 Å². The molecule has 5 heteroatoms. The Kier molecular flexibility index (Phi) is 4.47. The van der Waals surface area contributed by atoms with Crippen LogP contribution in [0, 0.1) is 6.92 Å². The van der Waals surface area contributed by atoms with Crippen molar-refractivity contribution in [2.24, 2.45) is 0 Å². The van der Waals surface area contributed by atoms with Gasteiger partial charge in [-0.2, -0.15) is 0 Å². The van der Waals surface area contributed by atoms with E-state index >= 15 is 0 Å². The van der Waals surface area contributed by atoms with Crippen LogP contribution in [0.3, 0.4) is 0 Å². The van der Waals surface area contributed by atoms with Gasteiger partial charge in [-0.15, -0.1) is 0 Å². The maximum Gasteiger partial charge on any atom is 0.241 e. The van der Waals surface area contributed by atoms with Crippen LogP contribution in [-0.4, -0.2) is 26.2 Å². The molecule has 1 fully saturated rings. The molecule has 1 heterocycles. The van der Waals surface area contributed by atoms with Gasteiger partial charge in [0.15, 0.2) is 0 Å². The lowest BCUT2D eigenvalue weighted by atomic mass is 9.84. The summed E-state index contributed by atoms with van der Waals surface area (Å²) in [5.41, 5.74) is 0.0623. The molecular formula is C16H25NO3S. The molecule has 1 N–H and O–H groups in total. The molecular weight excluding hydrogens is 286 g/mol. The van der Waals surface area contributed by atoms with Crippen LogP contribution in [0.4, 0.5) is 0 Å². The molecule has 118 valence electrons. The van der Waals surface area contributed by atoms with Crippen molar-refractivity contribution in [1.29, 1.82) is 0 Å². The fourth-order valence-electron chi connectivity index (χ4n) is 2.45. The summed E-state index contributed by atoms with van der Waals surface area (Å²) in [5, 5.41) is 0. The van der Waals surface area contributed by atoms with Crippen molar-refractivity contribution in [2.75, 3.05) is 6.61 Å². The minimum Gasteiger partial charge on any atom is -0.368 e. The Bertz CT molecular complexity index is 590. The van der Waals surface area contributed by atoms with Gasteiger partial charge in [-0.1, -0.05) is 37.5 Å². The van der Waals surface area contributed by atoms with Gasteiger partial charge in [0.05, 0.1) is 17.0 Å². The zero-order valence-electron chi connectivity index (χ0n) is 13.3. The second kappa shape index (κ2) is 5.71. The van der Waals surface area contributed by atoms with Crippen LogP contribution < -0.4 is 4.72 Å². The van der Waals surface area contributed by atoms with E-state index in [2.05, 4.69) is 11.6 Å². The first-order valence-corrected chi connectivity index (χ1v) is 8.95. The lowest BCUT2D eigenvalue weighted by Crippen LogP contribution is -2.55. The monoisotopic (exact) mass is 311 g/mol. The molecule has 2 rings (SSSR count). The minimum atomic E-state index is -3.54. The van der Waals surface area contributed by atoms with E-state index in [1.807, 2.05) is 32.9 Å². The number of nitrogens with one attached hydrogen (secondary N) is 1. The van der Waals surface area contributed by atoms with E-state index < -0.39 is 21.2 Å². The first-order chi connectivity index (χ1) is 9.72. The van der Waals surface area contributed by atoms with Gasteiger partial charge in [0.2, 0.25) is 10.0 Å². The Morgan fingerprint density at radius 1 is 1.33 bits per heavy atom. The molecule has 0 amide bonds. The smallest absolute Gasteiger partial charge is 0.241 e. The van der Waals surface area contributed by atoms with Gasteiger partial charge in [-0.3, -0.25) is 0 Å². The number of hydrogen-bond acceptors (Lipinski definition) is 3. The standard InChI is InChI=1S/C16H25NO3S/c1-5-6-11-15(3,16(4)12-20-16)17-21(18,19)14-9-7-13(2)8-10-14/h7-10,17H,5-6,11-12H2,1-4H3/t15?,16-/m0/s1. The van der Waals surface area contributed by atoms with Crippen LogP contribution in [0.15, 0.2) is 29.2 Å². The largest absolute Gasteiger partial charge is 0.368 e. The maximum atomic E-state index is 12.6. The lowest BCUT2D eigenvalue weighted by Gasteiger charge is -2.34. The number of hydrogen-bond donors (Lipinski definition) is 1. The molecule has 2 atom stereocenters. The van der Waals surface area contributed by atoms with Crippen LogP contribution in [0.5, 0.6) is 0 Å². The average Bonchev–Trinajstić information content (AvgIpc) is 3.16. The Morgan fingerprint density at radius 3 is 2.38 bits per heavy atom. The molecule has 0 aliphatic carbocycles. The van der Waals surface area contributed by atoms with Gasteiger partial charge >= 0.3 is 0 Å². The van der Waals surface area contributed by atoms with E-state index in [0.29, 0.717) is 11.5 Å².